The number of nitrogens with one attached hydrogen (secondary N) is 1. The highest BCUT2D eigenvalue weighted by Crippen LogP contribution is 2.40. The largest absolute Gasteiger partial charge is 0.496 e. The Morgan fingerprint density at radius 3 is 2.52 bits per heavy atom. The van der Waals surface area contributed by atoms with Crippen molar-refractivity contribution in [1.82, 2.24) is 4.98 Å². The van der Waals surface area contributed by atoms with Crippen molar-refractivity contribution in [2.24, 2.45) is 0 Å². The number of carbonyl (C=O) groups is 1. The lowest BCUT2D eigenvalue weighted by Gasteiger charge is -2.12. The summed E-state index contributed by atoms with van der Waals surface area (Å²) in [6, 6.07) is 13.9. The van der Waals surface area contributed by atoms with E-state index in [1.165, 1.54) is 13.2 Å². The SMILES string of the molecule is CCOC(=O)c1c[nH]c(-c2c(F)cccc2OC)c1-c1ccccc1. The van der Waals surface area contributed by atoms with Gasteiger partial charge in [0.05, 0.1) is 30.5 Å². The Hall–Kier alpha value is -3.08. The van der Waals surface area contributed by atoms with E-state index in [1.54, 1.807) is 25.3 Å². The zero-order valence-corrected chi connectivity index (χ0v) is 14.0. The molecule has 5 heteroatoms. The molecule has 0 aliphatic rings. The second-order valence-electron chi connectivity index (χ2n) is 5.36. The molecule has 0 fully saturated rings. The molecule has 0 atom stereocenters. The molecule has 0 saturated carbocycles. The van der Waals surface area contributed by atoms with E-state index < -0.39 is 11.8 Å². The fourth-order valence-electron chi connectivity index (χ4n) is 2.81. The molecule has 25 heavy (non-hydrogen) atoms. The molecular weight excluding hydrogens is 321 g/mol. The van der Waals surface area contributed by atoms with Crippen molar-refractivity contribution in [3.63, 3.8) is 0 Å². The molecule has 0 bridgehead atoms. The number of rotatable bonds is 5. The Balaban J connectivity index is 2.27. The number of aromatic nitrogens is 1. The smallest absolute Gasteiger partial charge is 0.340 e. The van der Waals surface area contributed by atoms with Crippen LogP contribution in [0, 0.1) is 5.82 Å². The fourth-order valence-corrected chi connectivity index (χ4v) is 2.81. The quantitative estimate of drug-likeness (QED) is 0.687. The summed E-state index contributed by atoms with van der Waals surface area (Å²) in [4.78, 5) is 15.4. The van der Waals surface area contributed by atoms with Crippen LogP contribution < -0.4 is 4.74 Å². The summed E-state index contributed by atoms with van der Waals surface area (Å²) >= 11 is 0. The van der Waals surface area contributed by atoms with E-state index >= 15 is 0 Å². The summed E-state index contributed by atoms with van der Waals surface area (Å²) in [5, 5.41) is 0. The monoisotopic (exact) mass is 339 g/mol. The minimum Gasteiger partial charge on any atom is -0.496 e. The van der Waals surface area contributed by atoms with E-state index in [0.29, 0.717) is 22.6 Å². The van der Waals surface area contributed by atoms with Crippen LogP contribution in [0.25, 0.3) is 22.4 Å². The molecular formula is C20H18FNO3. The molecule has 0 saturated heterocycles. The van der Waals surface area contributed by atoms with Crippen molar-refractivity contribution in [2.75, 3.05) is 13.7 Å². The predicted molar refractivity (Wildman–Crippen MR) is 94.1 cm³/mol. The highest BCUT2D eigenvalue weighted by atomic mass is 19.1. The first-order chi connectivity index (χ1) is 12.2. The normalized spacial score (nSPS) is 10.5. The number of hydrogen-bond donors (Lipinski definition) is 1. The molecule has 0 aliphatic heterocycles. The summed E-state index contributed by atoms with van der Waals surface area (Å²) in [5.74, 6) is -0.512. The van der Waals surface area contributed by atoms with E-state index in [-0.39, 0.29) is 12.2 Å². The number of methoxy groups -OCH3 is 1. The Morgan fingerprint density at radius 2 is 1.84 bits per heavy atom. The molecule has 0 radical (unpaired) electrons. The minimum absolute atomic E-state index is 0.261. The summed E-state index contributed by atoms with van der Waals surface area (Å²) < 4.78 is 25.0. The van der Waals surface area contributed by atoms with Crippen LogP contribution in [-0.2, 0) is 4.74 Å². The summed E-state index contributed by atoms with van der Waals surface area (Å²) in [6.07, 6.45) is 1.54. The molecule has 1 aromatic heterocycles. The van der Waals surface area contributed by atoms with Gasteiger partial charge in [-0.25, -0.2) is 9.18 Å². The number of benzene rings is 2. The van der Waals surface area contributed by atoms with Gasteiger partial charge in [-0.05, 0) is 24.6 Å². The molecule has 1 heterocycles. The van der Waals surface area contributed by atoms with Gasteiger partial charge in [-0.2, -0.15) is 0 Å². The predicted octanol–water partition coefficient (Wildman–Crippen LogP) is 4.67. The number of halogens is 1. The summed E-state index contributed by atoms with van der Waals surface area (Å²) in [7, 11) is 1.48. The van der Waals surface area contributed by atoms with Gasteiger partial charge in [0, 0.05) is 11.8 Å². The number of H-pyrrole nitrogens is 1. The Labute approximate surface area is 145 Å². The maximum atomic E-state index is 14.6. The lowest BCUT2D eigenvalue weighted by atomic mass is 9.97. The van der Waals surface area contributed by atoms with E-state index in [0.717, 1.165) is 5.56 Å². The number of esters is 1. The van der Waals surface area contributed by atoms with Crippen LogP contribution in [0.15, 0.2) is 54.7 Å². The standard InChI is InChI=1S/C20H18FNO3/c1-3-25-20(23)14-12-22-19(17(14)13-8-5-4-6-9-13)18-15(21)10-7-11-16(18)24-2/h4-12,22H,3H2,1-2H3. The molecule has 0 amide bonds. The van der Waals surface area contributed by atoms with E-state index in [2.05, 4.69) is 4.98 Å². The second kappa shape index (κ2) is 7.21. The molecule has 0 spiro atoms. The average molecular weight is 339 g/mol. The van der Waals surface area contributed by atoms with Crippen LogP contribution in [-0.4, -0.2) is 24.7 Å². The molecule has 4 nitrogen and oxygen atoms in total. The van der Waals surface area contributed by atoms with E-state index in [1.807, 2.05) is 30.3 Å². The van der Waals surface area contributed by atoms with Gasteiger partial charge in [0.25, 0.3) is 0 Å². The molecule has 2 aromatic carbocycles. The zero-order chi connectivity index (χ0) is 17.8. The van der Waals surface area contributed by atoms with Crippen LogP contribution in [0.1, 0.15) is 17.3 Å². The van der Waals surface area contributed by atoms with Crippen molar-refractivity contribution >= 4 is 5.97 Å². The zero-order valence-electron chi connectivity index (χ0n) is 14.0. The Kier molecular flexibility index (Phi) is 4.84. The van der Waals surface area contributed by atoms with Gasteiger partial charge in [0.15, 0.2) is 0 Å². The molecule has 1 N–H and O–H groups in total. The van der Waals surface area contributed by atoms with Crippen LogP contribution in [0.5, 0.6) is 5.75 Å². The highest BCUT2D eigenvalue weighted by molar-refractivity contribution is 6.02. The van der Waals surface area contributed by atoms with E-state index in [9.17, 15) is 9.18 Å². The van der Waals surface area contributed by atoms with Crippen molar-refractivity contribution in [1.29, 1.82) is 0 Å². The van der Waals surface area contributed by atoms with Gasteiger partial charge in [-0.15, -0.1) is 0 Å². The van der Waals surface area contributed by atoms with Crippen molar-refractivity contribution in [2.45, 2.75) is 6.92 Å². The number of ether oxygens (including phenoxy) is 2. The molecule has 128 valence electrons. The third-order valence-electron chi connectivity index (χ3n) is 3.88. The van der Waals surface area contributed by atoms with Gasteiger partial charge in [-0.3, -0.25) is 0 Å². The first kappa shape index (κ1) is 16.8. The lowest BCUT2D eigenvalue weighted by Crippen LogP contribution is -2.05. The Morgan fingerprint density at radius 1 is 1.08 bits per heavy atom. The third kappa shape index (κ3) is 3.13. The topological polar surface area (TPSA) is 51.3 Å². The van der Waals surface area contributed by atoms with Gasteiger partial charge < -0.3 is 14.5 Å². The number of carbonyl (C=O) groups excluding carboxylic acids is 1. The lowest BCUT2D eigenvalue weighted by molar-refractivity contribution is 0.0527. The first-order valence-corrected chi connectivity index (χ1v) is 7.94. The molecule has 0 aliphatic carbocycles. The van der Waals surface area contributed by atoms with Crippen LogP contribution in [0.2, 0.25) is 0 Å². The highest BCUT2D eigenvalue weighted by Gasteiger charge is 2.24. The van der Waals surface area contributed by atoms with Gasteiger partial charge in [-0.1, -0.05) is 36.4 Å². The molecule has 3 aromatic rings. The van der Waals surface area contributed by atoms with Gasteiger partial charge in [0.1, 0.15) is 11.6 Å². The van der Waals surface area contributed by atoms with Gasteiger partial charge >= 0.3 is 5.97 Å². The maximum absolute atomic E-state index is 14.6. The summed E-state index contributed by atoms with van der Waals surface area (Å²) in [6.45, 7) is 2.00. The van der Waals surface area contributed by atoms with Crippen LogP contribution in [0.3, 0.4) is 0 Å². The molecule has 0 unspecified atom stereocenters. The third-order valence-corrected chi connectivity index (χ3v) is 3.88. The first-order valence-electron chi connectivity index (χ1n) is 7.94. The second-order valence-corrected chi connectivity index (χ2v) is 5.36. The fraction of sp³-hybridized carbons (Fsp3) is 0.150. The maximum Gasteiger partial charge on any atom is 0.340 e. The molecule has 3 rings (SSSR count). The van der Waals surface area contributed by atoms with Crippen molar-refractivity contribution < 1.29 is 18.7 Å². The van der Waals surface area contributed by atoms with Crippen molar-refractivity contribution in [3.05, 3.63) is 66.1 Å². The van der Waals surface area contributed by atoms with Gasteiger partial charge in [0.2, 0.25) is 0 Å². The van der Waals surface area contributed by atoms with E-state index in [4.69, 9.17) is 9.47 Å². The Bertz CT molecular complexity index is 887. The number of aromatic amines is 1. The summed E-state index contributed by atoms with van der Waals surface area (Å²) in [5.41, 5.74) is 2.48. The minimum atomic E-state index is -0.459. The van der Waals surface area contributed by atoms with Crippen molar-refractivity contribution in [3.8, 4) is 28.1 Å². The van der Waals surface area contributed by atoms with Crippen LogP contribution in [0.4, 0.5) is 4.39 Å². The average Bonchev–Trinajstić information content (AvgIpc) is 3.07. The van der Waals surface area contributed by atoms with Crippen LogP contribution >= 0.6 is 0 Å². The number of hydrogen-bond acceptors (Lipinski definition) is 3.